The highest BCUT2D eigenvalue weighted by atomic mass is 16.5. The molecule has 0 bridgehead atoms. The number of rotatable bonds is 4. The summed E-state index contributed by atoms with van der Waals surface area (Å²) in [5, 5.41) is 17.1. The fourth-order valence-electron chi connectivity index (χ4n) is 0.851. The van der Waals surface area contributed by atoms with E-state index in [2.05, 4.69) is 0 Å². The van der Waals surface area contributed by atoms with Crippen LogP contribution in [0.4, 0.5) is 0 Å². The van der Waals surface area contributed by atoms with Gasteiger partial charge in [-0.3, -0.25) is 0 Å². The molecule has 0 saturated heterocycles. The van der Waals surface area contributed by atoms with Crippen molar-refractivity contribution in [3.05, 3.63) is 23.7 Å². The molecule has 1 aromatic heterocycles. The first-order chi connectivity index (χ1) is 6.79. The van der Waals surface area contributed by atoms with Crippen molar-refractivity contribution in [1.29, 1.82) is 0 Å². The Bertz CT molecular complexity index is 199. The minimum atomic E-state index is -0.150. The van der Waals surface area contributed by atoms with Gasteiger partial charge in [0.15, 0.2) is 0 Å². The highest BCUT2D eigenvalue weighted by molar-refractivity contribution is 5.14. The Labute approximate surface area is 84.1 Å². The average Bonchev–Trinajstić information content (AvgIpc) is 2.67. The van der Waals surface area contributed by atoms with Gasteiger partial charge in [0.1, 0.15) is 12.4 Å². The summed E-state index contributed by atoms with van der Waals surface area (Å²) in [7, 11) is 0. The lowest BCUT2D eigenvalue weighted by atomic mass is 10.3. The average molecular weight is 202 g/mol. The Morgan fingerprint density at radius 1 is 1.21 bits per heavy atom. The van der Waals surface area contributed by atoms with Gasteiger partial charge in [-0.15, -0.1) is 0 Å². The first-order valence-corrected chi connectivity index (χ1v) is 4.64. The fraction of sp³-hybridized carbons (Fsp3) is 0.600. The molecule has 0 radical (unpaired) electrons. The van der Waals surface area contributed by atoms with Crippen molar-refractivity contribution in [3.63, 3.8) is 0 Å². The van der Waals surface area contributed by atoms with Gasteiger partial charge in [-0.25, -0.2) is 0 Å². The van der Waals surface area contributed by atoms with Crippen LogP contribution in [0.2, 0.25) is 0 Å². The van der Waals surface area contributed by atoms with Crippen LogP contribution in [-0.4, -0.2) is 23.4 Å². The van der Waals surface area contributed by atoms with Crippen LogP contribution in [0, 0.1) is 0 Å². The third kappa shape index (κ3) is 5.01. The molecule has 14 heavy (non-hydrogen) atoms. The predicted molar refractivity (Wildman–Crippen MR) is 52.7 cm³/mol. The van der Waals surface area contributed by atoms with Gasteiger partial charge in [-0.05, 0) is 19.9 Å². The summed E-state index contributed by atoms with van der Waals surface area (Å²) in [6, 6.07) is 1.63. The fourth-order valence-corrected chi connectivity index (χ4v) is 0.851. The van der Waals surface area contributed by atoms with E-state index in [1.54, 1.807) is 6.07 Å². The Kier molecular flexibility index (Phi) is 8.22. The number of aliphatic hydroxyl groups excluding tert-OH is 2. The van der Waals surface area contributed by atoms with E-state index in [1.165, 1.54) is 6.26 Å². The van der Waals surface area contributed by atoms with Crippen molar-refractivity contribution in [2.75, 3.05) is 13.2 Å². The number of furan rings is 1. The molecule has 0 fully saturated rings. The molecule has 2 N–H and O–H groups in total. The smallest absolute Gasteiger partial charge is 0.134 e. The molecule has 4 heteroatoms. The van der Waals surface area contributed by atoms with Crippen LogP contribution in [0.25, 0.3) is 0 Å². The molecule has 82 valence electrons. The molecule has 0 aromatic carbocycles. The zero-order chi connectivity index (χ0) is 10.8. The lowest BCUT2D eigenvalue weighted by molar-refractivity contribution is 0.162. The van der Waals surface area contributed by atoms with Gasteiger partial charge in [0.2, 0.25) is 0 Å². The Morgan fingerprint density at radius 2 is 1.86 bits per heavy atom. The third-order valence-corrected chi connectivity index (χ3v) is 1.56. The van der Waals surface area contributed by atoms with Crippen LogP contribution < -0.4 is 0 Å². The van der Waals surface area contributed by atoms with Gasteiger partial charge in [0.25, 0.3) is 0 Å². The van der Waals surface area contributed by atoms with Crippen molar-refractivity contribution in [3.8, 4) is 0 Å². The molecule has 1 aromatic rings. The molecular formula is C10H18O4. The number of hydrogen-bond donors (Lipinski definition) is 2. The second-order valence-electron chi connectivity index (χ2n) is 2.47. The molecule has 0 saturated carbocycles. The Hall–Kier alpha value is -0.840. The van der Waals surface area contributed by atoms with Crippen molar-refractivity contribution in [2.24, 2.45) is 0 Å². The third-order valence-electron chi connectivity index (χ3n) is 1.56. The zero-order valence-electron chi connectivity index (χ0n) is 8.69. The van der Waals surface area contributed by atoms with E-state index in [4.69, 9.17) is 19.4 Å². The van der Waals surface area contributed by atoms with E-state index in [-0.39, 0.29) is 13.2 Å². The van der Waals surface area contributed by atoms with Gasteiger partial charge >= 0.3 is 0 Å². The Balaban J connectivity index is 0.000000292. The summed E-state index contributed by atoms with van der Waals surface area (Å²) in [4.78, 5) is 0. The SMILES string of the molecule is CCOCC.OCc1ccoc1CO. The molecule has 1 heterocycles. The molecule has 1 rings (SSSR count). The van der Waals surface area contributed by atoms with Crippen LogP contribution >= 0.6 is 0 Å². The topological polar surface area (TPSA) is 62.8 Å². The number of hydrogen-bond acceptors (Lipinski definition) is 4. The molecule has 0 spiro atoms. The van der Waals surface area contributed by atoms with E-state index >= 15 is 0 Å². The summed E-state index contributed by atoms with van der Waals surface area (Å²) < 4.78 is 9.63. The van der Waals surface area contributed by atoms with Crippen LogP contribution in [0.1, 0.15) is 25.2 Å². The van der Waals surface area contributed by atoms with Crippen LogP contribution in [0.5, 0.6) is 0 Å². The molecule has 0 aliphatic carbocycles. The maximum absolute atomic E-state index is 8.57. The summed E-state index contributed by atoms with van der Waals surface area (Å²) in [6.45, 7) is 5.44. The van der Waals surface area contributed by atoms with E-state index in [0.29, 0.717) is 11.3 Å². The summed E-state index contributed by atoms with van der Waals surface area (Å²) >= 11 is 0. The first kappa shape index (κ1) is 13.2. The second kappa shape index (κ2) is 8.74. The van der Waals surface area contributed by atoms with Gasteiger partial charge in [0.05, 0.1) is 12.9 Å². The zero-order valence-corrected chi connectivity index (χ0v) is 8.69. The van der Waals surface area contributed by atoms with Gasteiger partial charge in [-0.2, -0.15) is 0 Å². The largest absolute Gasteiger partial charge is 0.467 e. The lowest BCUT2D eigenvalue weighted by Gasteiger charge is -1.90. The maximum atomic E-state index is 8.57. The molecule has 0 unspecified atom stereocenters. The maximum Gasteiger partial charge on any atom is 0.134 e. The quantitative estimate of drug-likeness (QED) is 0.772. The molecule has 0 aliphatic rings. The van der Waals surface area contributed by atoms with E-state index in [9.17, 15) is 0 Å². The van der Waals surface area contributed by atoms with Crippen molar-refractivity contribution < 1.29 is 19.4 Å². The van der Waals surface area contributed by atoms with Crippen LogP contribution in [0.15, 0.2) is 16.7 Å². The minimum absolute atomic E-state index is 0.0770. The first-order valence-electron chi connectivity index (χ1n) is 4.64. The Morgan fingerprint density at radius 3 is 2.14 bits per heavy atom. The van der Waals surface area contributed by atoms with Crippen molar-refractivity contribution in [2.45, 2.75) is 27.1 Å². The monoisotopic (exact) mass is 202 g/mol. The van der Waals surface area contributed by atoms with Crippen LogP contribution in [0.3, 0.4) is 0 Å². The highest BCUT2D eigenvalue weighted by Crippen LogP contribution is 2.08. The molecule has 4 nitrogen and oxygen atoms in total. The second-order valence-corrected chi connectivity index (χ2v) is 2.47. The van der Waals surface area contributed by atoms with Gasteiger partial charge in [0, 0.05) is 18.8 Å². The van der Waals surface area contributed by atoms with Crippen molar-refractivity contribution >= 4 is 0 Å². The summed E-state index contributed by atoms with van der Waals surface area (Å²) in [6.07, 6.45) is 1.44. The molecular weight excluding hydrogens is 184 g/mol. The van der Waals surface area contributed by atoms with E-state index < -0.39 is 0 Å². The summed E-state index contributed by atoms with van der Waals surface area (Å²) in [5.74, 6) is 0.442. The summed E-state index contributed by atoms with van der Waals surface area (Å²) in [5.41, 5.74) is 0.650. The number of ether oxygens (including phenoxy) is 1. The normalized spacial score (nSPS) is 9.43. The molecule has 0 aliphatic heterocycles. The van der Waals surface area contributed by atoms with E-state index in [0.717, 1.165) is 13.2 Å². The van der Waals surface area contributed by atoms with Gasteiger partial charge < -0.3 is 19.4 Å². The molecule has 0 atom stereocenters. The number of aliphatic hydroxyl groups is 2. The molecule has 0 amide bonds. The van der Waals surface area contributed by atoms with Gasteiger partial charge in [-0.1, -0.05) is 0 Å². The van der Waals surface area contributed by atoms with E-state index in [1.807, 2.05) is 13.8 Å². The highest BCUT2D eigenvalue weighted by Gasteiger charge is 2.01. The van der Waals surface area contributed by atoms with Crippen molar-refractivity contribution in [1.82, 2.24) is 0 Å². The standard InChI is InChI=1S/C6H8O3.C4H10O/c7-3-5-1-2-9-6(5)4-8;1-3-5-4-2/h1-2,7-8H,3-4H2;3-4H2,1-2H3. The minimum Gasteiger partial charge on any atom is -0.467 e. The predicted octanol–water partition coefficient (Wildman–Crippen LogP) is 1.31. The van der Waals surface area contributed by atoms with Crippen LogP contribution in [-0.2, 0) is 18.0 Å². The lowest BCUT2D eigenvalue weighted by Crippen LogP contribution is -1.86.